The van der Waals surface area contributed by atoms with E-state index in [1.54, 1.807) is 0 Å². The van der Waals surface area contributed by atoms with Crippen LogP contribution >= 0.6 is 0 Å². The summed E-state index contributed by atoms with van der Waals surface area (Å²) < 4.78 is 0. The number of ketones is 1. The minimum atomic E-state index is -0.557. The van der Waals surface area contributed by atoms with Gasteiger partial charge in [-0.2, -0.15) is 0 Å². The van der Waals surface area contributed by atoms with Gasteiger partial charge in [-0.3, -0.25) is 4.79 Å². The molecule has 5 aliphatic rings. The number of hydrogen-bond acceptors (Lipinski definition) is 3. The molecule has 3 nitrogen and oxygen atoms in total. The Labute approximate surface area is 339 Å². The summed E-state index contributed by atoms with van der Waals surface area (Å²) in [5.74, 6) is 0.191. The summed E-state index contributed by atoms with van der Waals surface area (Å²) in [5, 5.41) is 0. The van der Waals surface area contributed by atoms with Crippen molar-refractivity contribution in [3.63, 3.8) is 0 Å². The van der Waals surface area contributed by atoms with Crippen molar-refractivity contribution < 1.29 is 4.79 Å². The molecule has 0 spiro atoms. The van der Waals surface area contributed by atoms with Crippen LogP contribution in [0.1, 0.15) is 90.5 Å². The zero-order valence-corrected chi connectivity index (χ0v) is 33.7. The molecule has 0 aromatic heterocycles. The number of hydrogen-bond donors (Lipinski definition) is 0. The first-order chi connectivity index (χ1) is 27.8. The molecule has 5 aliphatic carbocycles. The molecule has 57 heavy (non-hydrogen) atoms. The fourth-order valence-electron chi connectivity index (χ4n) is 9.75. The molecule has 0 radical (unpaired) electrons. The van der Waals surface area contributed by atoms with Crippen LogP contribution in [0.4, 0.5) is 11.4 Å². The van der Waals surface area contributed by atoms with Crippen LogP contribution in [0.5, 0.6) is 0 Å². The van der Waals surface area contributed by atoms with Crippen molar-refractivity contribution in [2.24, 2.45) is 5.92 Å². The van der Waals surface area contributed by atoms with Gasteiger partial charge in [-0.1, -0.05) is 138 Å². The quantitative estimate of drug-likeness (QED) is 0.179. The number of allylic oxidation sites excluding steroid dienone is 13. The van der Waals surface area contributed by atoms with Gasteiger partial charge in [0.2, 0.25) is 0 Å². The molecule has 0 fully saturated rings. The summed E-state index contributed by atoms with van der Waals surface area (Å²) in [7, 11) is 0. The number of anilines is 2. The lowest BCUT2D eigenvalue weighted by Gasteiger charge is -2.48. The Morgan fingerprint density at radius 1 is 0.561 bits per heavy atom. The second-order valence-electron chi connectivity index (χ2n) is 16.6. The fourth-order valence-corrected chi connectivity index (χ4v) is 9.75. The maximum absolute atomic E-state index is 14.3. The van der Waals surface area contributed by atoms with Gasteiger partial charge in [-0.15, -0.1) is 0 Å². The van der Waals surface area contributed by atoms with E-state index >= 15 is 0 Å². The Morgan fingerprint density at radius 2 is 1.14 bits per heavy atom. The van der Waals surface area contributed by atoms with Gasteiger partial charge >= 0.3 is 0 Å². The summed E-state index contributed by atoms with van der Waals surface area (Å²) in [5.41, 5.74) is 16.2. The van der Waals surface area contributed by atoms with Crippen molar-refractivity contribution in [2.45, 2.75) is 77.7 Å². The first-order valence-electron chi connectivity index (χ1n) is 20.8. The second kappa shape index (κ2) is 15.2. The summed E-state index contributed by atoms with van der Waals surface area (Å²) in [4.78, 5) is 19.3. The molecule has 284 valence electrons. The van der Waals surface area contributed by atoms with Crippen LogP contribution in [0.25, 0.3) is 0 Å². The molecule has 0 amide bonds. The van der Waals surface area contributed by atoms with Crippen LogP contribution < -0.4 is 9.80 Å². The molecule has 0 aliphatic heterocycles. The summed E-state index contributed by atoms with van der Waals surface area (Å²) in [6, 6.07) is 34.9. The van der Waals surface area contributed by atoms with Crippen LogP contribution in [-0.2, 0) is 5.41 Å². The fraction of sp³-hybridized carbons (Fsp3) is 0.241. The van der Waals surface area contributed by atoms with Gasteiger partial charge in [0.05, 0.1) is 11.5 Å². The normalized spacial score (nSPS) is 20.9. The summed E-state index contributed by atoms with van der Waals surface area (Å²) in [6.07, 6.45) is 29.6. The molecule has 2 atom stereocenters. The highest BCUT2D eigenvalue weighted by molar-refractivity contribution is 6.13. The van der Waals surface area contributed by atoms with Gasteiger partial charge in [0.15, 0.2) is 5.78 Å². The van der Waals surface area contributed by atoms with E-state index in [-0.39, 0.29) is 17.7 Å². The van der Waals surface area contributed by atoms with Crippen molar-refractivity contribution in [1.29, 1.82) is 0 Å². The van der Waals surface area contributed by atoms with Crippen LogP contribution in [0.2, 0.25) is 0 Å². The van der Waals surface area contributed by atoms with E-state index < -0.39 is 5.41 Å². The molecule has 0 saturated heterocycles. The minimum absolute atomic E-state index is 0.0776. The predicted octanol–water partition coefficient (Wildman–Crippen LogP) is 13.1. The Kier molecular flexibility index (Phi) is 9.78. The zero-order valence-electron chi connectivity index (χ0n) is 33.7. The van der Waals surface area contributed by atoms with Gasteiger partial charge in [0.25, 0.3) is 0 Å². The topological polar surface area (TPSA) is 23.6 Å². The Balaban J connectivity index is 1.15. The van der Waals surface area contributed by atoms with E-state index in [1.807, 2.05) is 24.3 Å². The van der Waals surface area contributed by atoms with Gasteiger partial charge in [-0.25, -0.2) is 0 Å². The Bertz CT molecular complexity index is 2430. The Hall–Kier alpha value is -5.93. The molecule has 0 heterocycles. The molecule has 0 N–H and O–H groups in total. The molecular weight excluding hydrogens is 693 g/mol. The number of aryl methyl sites for hydroxylation is 2. The maximum Gasteiger partial charge on any atom is 0.193 e. The monoisotopic (exact) mass is 744 g/mol. The molecule has 0 saturated carbocycles. The van der Waals surface area contributed by atoms with Crippen molar-refractivity contribution in [1.82, 2.24) is 0 Å². The highest BCUT2D eigenvalue weighted by Crippen LogP contribution is 2.55. The summed E-state index contributed by atoms with van der Waals surface area (Å²) in [6.45, 7) is 8.76. The zero-order chi connectivity index (χ0) is 39.1. The lowest BCUT2D eigenvalue weighted by Crippen LogP contribution is -2.44. The first kappa shape index (κ1) is 36.7. The standard InChI is InChI=1S/C54H52N2O/c1-37-13-25-43(26-14-37)55(44-27-15-38(2)16-28-44)47-33-21-41(22-34-47)54(51-11-7-5-9-49(51)53(57)50-10-6-8-12-52(50)54)42-23-35-48(36-24-42)56(45-29-17-39(3)18-30-45)46-31-19-40(4)20-32-46/h5-15,17-19,21-23,25-27,29-31,33,35-36,42,47H,16,20,24,28,32,34H2,1-4H3. The first-order valence-corrected chi connectivity index (χ1v) is 20.8. The van der Waals surface area contributed by atoms with Gasteiger partial charge in [-0.05, 0) is 131 Å². The second-order valence-corrected chi connectivity index (χ2v) is 16.6. The van der Waals surface area contributed by atoms with Crippen molar-refractivity contribution in [3.8, 4) is 0 Å². The maximum atomic E-state index is 14.3. The third-order valence-electron chi connectivity index (χ3n) is 12.8. The van der Waals surface area contributed by atoms with E-state index in [0.29, 0.717) is 0 Å². The van der Waals surface area contributed by atoms with Crippen LogP contribution in [0.15, 0.2) is 192 Å². The number of fused-ring (bicyclic) bond motifs is 2. The summed E-state index contributed by atoms with van der Waals surface area (Å²) >= 11 is 0. The number of carbonyl (C=O) groups excluding carboxylic acids is 1. The predicted molar refractivity (Wildman–Crippen MR) is 238 cm³/mol. The number of carbonyl (C=O) groups is 1. The highest BCUT2D eigenvalue weighted by atomic mass is 16.1. The van der Waals surface area contributed by atoms with Gasteiger partial charge in [0.1, 0.15) is 0 Å². The molecule has 4 aromatic carbocycles. The van der Waals surface area contributed by atoms with Crippen LogP contribution in [0, 0.1) is 19.8 Å². The van der Waals surface area contributed by atoms with Crippen molar-refractivity contribution in [2.75, 3.05) is 9.80 Å². The van der Waals surface area contributed by atoms with Crippen LogP contribution in [-0.4, -0.2) is 11.8 Å². The highest BCUT2D eigenvalue weighted by Gasteiger charge is 2.50. The lowest BCUT2D eigenvalue weighted by atomic mass is 9.54. The third kappa shape index (κ3) is 6.63. The van der Waals surface area contributed by atoms with Crippen LogP contribution in [0.3, 0.4) is 0 Å². The molecule has 2 unspecified atom stereocenters. The van der Waals surface area contributed by atoms with E-state index in [0.717, 1.165) is 60.8 Å². The van der Waals surface area contributed by atoms with Gasteiger partial charge < -0.3 is 9.80 Å². The number of nitrogens with zero attached hydrogens (tertiary/aromatic N) is 2. The molecule has 0 bridgehead atoms. The third-order valence-corrected chi connectivity index (χ3v) is 12.8. The average Bonchev–Trinajstić information content (AvgIpc) is 3.25. The molecule has 4 aromatic rings. The van der Waals surface area contributed by atoms with E-state index in [9.17, 15) is 4.79 Å². The van der Waals surface area contributed by atoms with E-state index in [4.69, 9.17) is 0 Å². The van der Waals surface area contributed by atoms with Crippen molar-refractivity contribution in [3.05, 3.63) is 225 Å². The Morgan fingerprint density at radius 3 is 1.67 bits per heavy atom. The SMILES string of the molecule is CC1=CC=C(N(C2=CCC(C3(C4=CCC(N(C5=CC=C(C)CC5)c5ccc(C)cc5)C=C4)c4ccccc4C(=O)c4ccccc43)C=C2)c2ccc(C)cc2)CC1. The average molecular weight is 745 g/mol. The van der Waals surface area contributed by atoms with Gasteiger partial charge in [0, 0.05) is 39.6 Å². The lowest BCUT2D eigenvalue weighted by molar-refractivity contribution is 0.102. The largest absolute Gasteiger partial charge is 0.338 e. The number of rotatable bonds is 8. The smallest absolute Gasteiger partial charge is 0.193 e. The van der Waals surface area contributed by atoms with E-state index in [1.165, 1.54) is 56.3 Å². The van der Waals surface area contributed by atoms with E-state index in [2.05, 4.69) is 171 Å². The minimum Gasteiger partial charge on any atom is -0.338 e. The molecular formula is C54H52N2O. The molecule has 9 rings (SSSR count). The van der Waals surface area contributed by atoms with Crippen molar-refractivity contribution >= 4 is 17.2 Å². The molecule has 3 heteroatoms. The number of benzene rings is 4.